The maximum absolute atomic E-state index is 11.0. The van der Waals surface area contributed by atoms with Gasteiger partial charge < -0.3 is 9.52 Å². The summed E-state index contributed by atoms with van der Waals surface area (Å²) < 4.78 is 4.94. The number of ketones is 1. The number of carbonyl (C=O) groups excluding carboxylic acids is 1. The summed E-state index contributed by atoms with van der Waals surface area (Å²) in [7, 11) is 0. The molecule has 14 heavy (non-hydrogen) atoms. The maximum atomic E-state index is 11.0. The lowest BCUT2D eigenvalue weighted by molar-refractivity contribution is -0.125. The van der Waals surface area contributed by atoms with Gasteiger partial charge in [0.15, 0.2) is 0 Å². The molecular formula is C11H14O3. The van der Waals surface area contributed by atoms with Crippen molar-refractivity contribution in [2.75, 3.05) is 0 Å². The number of Topliss-reactive ketones (excluding diaryl/α,β-unsaturated/α-hetero) is 1. The first-order valence-electron chi connectivity index (χ1n) is 4.93. The first kappa shape index (κ1) is 9.46. The molecule has 3 heteroatoms. The lowest BCUT2D eigenvalue weighted by atomic mass is 9.80. The van der Waals surface area contributed by atoms with Gasteiger partial charge in [0, 0.05) is 19.3 Å². The van der Waals surface area contributed by atoms with E-state index in [-0.39, 0.29) is 5.78 Å². The third kappa shape index (κ3) is 2.04. The van der Waals surface area contributed by atoms with Crippen molar-refractivity contribution in [1.29, 1.82) is 0 Å². The van der Waals surface area contributed by atoms with E-state index in [9.17, 15) is 9.90 Å². The zero-order valence-electron chi connectivity index (χ0n) is 8.03. The van der Waals surface area contributed by atoms with Crippen LogP contribution in [-0.4, -0.2) is 16.5 Å². The van der Waals surface area contributed by atoms with Crippen molar-refractivity contribution < 1.29 is 14.3 Å². The van der Waals surface area contributed by atoms with E-state index >= 15 is 0 Å². The molecule has 1 fully saturated rings. The molecule has 1 heterocycles. The Bertz CT molecular complexity index is 303. The van der Waals surface area contributed by atoms with Gasteiger partial charge in [-0.2, -0.15) is 0 Å². The summed E-state index contributed by atoms with van der Waals surface area (Å²) in [5, 5.41) is 10.2. The SMILES string of the molecule is O=C1CCC(O)(Cc2ccoc2)CC1. The van der Waals surface area contributed by atoms with Crippen molar-refractivity contribution in [1.82, 2.24) is 0 Å². The summed E-state index contributed by atoms with van der Waals surface area (Å²) in [5.74, 6) is 0.266. The van der Waals surface area contributed by atoms with Gasteiger partial charge in [-0.3, -0.25) is 4.79 Å². The highest BCUT2D eigenvalue weighted by molar-refractivity contribution is 5.79. The van der Waals surface area contributed by atoms with E-state index in [4.69, 9.17) is 4.42 Å². The third-order valence-corrected chi connectivity index (χ3v) is 2.85. The van der Waals surface area contributed by atoms with Crippen LogP contribution in [0, 0.1) is 0 Å². The molecule has 1 aliphatic carbocycles. The predicted octanol–water partition coefficient (Wildman–Crippen LogP) is 1.70. The van der Waals surface area contributed by atoms with Gasteiger partial charge in [-0.25, -0.2) is 0 Å². The maximum Gasteiger partial charge on any atom is 0.133 e. The van der Waals surface area contributed by atoms with Gasteiger partial charge in [-0.05, 0) is 24.5 Å². The molecule has 2 rings (SSSR count). The number of hydrogen-bond acceptors (Lipinski definition) is 3. The van der Waals surface area contributed by atoms with E-state index in [0.717, 1.165) is 5.56 Å². The standard InChI is InChI=1S/C11H14O3/c12-10-1-4-11(13,5-2-10)7-9-3-6-14-8-9/h3,6,8,13H,1-2,4-5,7H2. The summed E-state index contributed by atoms with van der Waals surface area (Å²) in [5.41, 5.74) is 0.305. The van der Waals surface area contributed by atoms with Crippen molar-refractivity contribution in [2.24, 2.45) is 0 Å². The van der Waals surface area contributed by atoms with Crippen LogP contribution in [0.2, 0.25) is 0 Å². The van der Waals surface area contributed by atoms with Crippen LogP contribution in [0.4, 0.5) is 0 Å². The highest BCUT2D eigenvalue weighted by atomic mass is 16.3. The topological polar surface area (TPSA) is 50.4 Å². The minimum Gasteiger partial charge on any atom is -0.472 e. The third-order valence-electron chi connectivity index (χ3n) is 2.85. The van der Waals surface area contributed by atoms with E-state index in [1.165, 1.54) is 0 Å². The van der Waals surface area contributed by atoms with Crippen LogP contribution in [0.25, 0.3) is 0 Å². The first-order valence-corrected chi connectivity index (χ1v) is 4.93. The van der Waals surface area contributed by atoms with Crippen LogP contribution >= 0.6 is 0 Å². The molecule has 0 unspecified atom stereocenters. The van der Waals surface area contributed by atoms with E-state index in [1.807, 2.05) is 6.07 Å². The quantitative estimate of drug-likeness (QED) is 0.779. The smallest absolute Gasteiger partial charge is 0.133 e. The van der Waals surface area contributed by atoms with Crippen LogP contribution in [0.5, 0.6) is 0 Å². The van der Waals surface area contributed by atoms with Crippen LogP contribution in [-0.2, 0) is 11.2 Å². The highest BCUT2D eigenvalue weighted by Gasteiger charge is 2.32. The van der Waals surface area contributed by atoms with Crippen molar-refractivity contribution >= 4 is 5.78 Å². The largest absolute Gasteiger partial charge is 0.472 e. The van der Waals surface area contributed by atoms with Gasteiger partial charge in [0.05, 0.1) is 18.1 Å². The van der Waals surface area contributed by atoms with E-state index in [0.29, 0.717) is 32.1 Å². The summed E-state index contributed by atoms with van der Waals surface area (Å²) in [4.78, 5) is 11.0. The fourth-order valence-electron chi connectivity index (χ4n) is 1.94. The molecule has 1 aliphatic rings. The Hall–Kier alpha value is -1.09. The molecule has 1 aromatic heterocycles. The minimum absolute atomic E-state index is 0.266. The molecule has 1 aromatic rings. The molecule has 1 N–H and O–H groups in total. The lowest BCUT2D eigenvalue weighted by Gasteiger charge is -2.30. The van der Waals surface area contributed by atoms with Gasteiger partial charge in [0.25, 0.3) is 0 Å². The summed E-state index contributed by atoms with van der Waals surface area (Å²) in [6, 6.07) is 1.86. The van der Waals surface area contributed by atoms with Gasteiger partial charge in [0.2, 0.25) is 0 Å². The Morgan fingerprint density at radius 2 is 2.14 bits per heavy atom. The lowest BCUT2D eigenvalue weighted by Crippen LogP contribution is -2.36. The Labute approximate surface area is 82.7 Å². The monoisotopic (exact) mass is 194 g/mol. The molecule has 0 saturated heterocycles. The van der Waals surface area contributed by atoms with Crippen molar-refractivity contribution in [3.05, 3.63) is 24.2 Å². The van der Waals surface area contributed by atoms with Crippen LogP contribution in [0.3, 0.4) is 0 Å². The highest BCUT2D eigenvalue weighted by Crippen LogP contribution is 2.29. The van der Waals surface area contributed by atoms with Gasteiger partial charge >= 0.3 is 0 Å². The zero-order valence-corrected chi connectivity index (χ0v) is 8.03. The Balaban J connectivity index is 1.99. The van der Waals surface area contributed by atoms with Crippen LogP contribution in [0.1, 0.15) is 31.2 Å². The molecule has 0 bridgehead atoms. The second-order valence-corrected chi connectivity index (χ2v) is 4.07. The summed E-state index contributed by atoms with van der Waals surface area (Å²) in [6.07, 6.45) is 6.02. The number of aliphatic hydroxyl groups is 1. The molecule has 0 aliphatic heterocycles. The Kier molecular flexibility index (Phi) is 2.42. The van der Waals surface area contributed by atoms with Gasteiger partial charge in [0.1, 0.15) is 5.78 Å². The second kappa shape index (κ2) is 3.58. The molecule has 0 spiro atoms. The van der Waals surface area contributed by atoms with Crippen molar-refractivity contribution in [2.45, 2.75) is 37.7 Å². The number of carbonyl (C=O) groups is 1. The second-order valence-electron chi connectivity index (χ2n) is 4.07. The van der Waals surface area contributed by atoms with Gasteiger partial charge in [-0.15, -0.1) is 0 Å². The fraction of sp³-hybridized carbons (Fsp3) is 0.545. The van der Waals surface area contributed by atoms with E-state index in [2.05, 4.69) is 0 Å². The van der Waals surface area contributed by atoms with Gasteiger partial charge in [-0.1, -0.05) is 0 Å². The first-order chi connectivity index (χ1) is 6.68. The molecule has 0 amide bonds. The summed E-state index contributed by atoms with van der Waals surface area (Å²) in [6.45, 7) is 0. The average Bonchev–Trinajstić information content (AvgIpc) is 2.63. The molecule has 76 valence electrons. The van der Waals surface area contributed by atoms with E-state index in [1.54, 1.807) is 12.5 Å². The molecule has 3 nitrogen and oxygen atoms in total. The predicted molar refractivity (Wildman–Crippen MR) is 50.8 cm³/mol. The average molecular weight is 194 g/mol. The number of hydrogen-bond donors (Lipinski definition) is 1. The van der Waals surface area contributed by atoms with Crippen LogP contribution < -0.4 is 0 Å². The Morgan fingerprint density at radius 3 is 2.71 bits per heavy atom. The number of furan rings is 1. The van der Waals surface area contributed by atoms with Crippen molar-refractivity contribution in [3.8, 4) is 0 Å². The molecule has 1 saturated carbocycles. The van der Waals surface area contributed by atoms with E-state index < -0.39 is 5.60 Å². The van der Waals surface area contributed by atoms with Crippen molar-refractivity contribution in [3.63, 3.8) is 0 Å². The molecule has 0 aromatic carbocycles. The number of rotatable bonds is 2. The fourth-order valence-corrected chi connectivity index (χ4v) is 1.94. The Morgan fingerprint density at radius 1 is 1.43 bits per heavy atom. The molecule has 0 radical (unpaired) electrons. The minimum atomic E-state index is -0.697. The normalized spacial score (nSPS) is 21.1. The van der Waals surface area contributed by atoms with Crippen LogP contribution in [0.15, 0.2) is 23.0 Å². The molecule has 0 atom stereocenters. The summed E-state index contributed by atoms with van der Waals surface area (Å²) >= 11 is 0. The molecular weight excluding hydrogens is 180 g/mol. The zero-order chi connectivity index (χ0) is 10.0.